The molecular formula is C20H20Cl2N2O4. The van der Waals surface area contributed by atoms with E-state index in [2.05, 4.69) is 0 Å². The molecule has 0 radical (unpaired) electrons. The molecule has 1 fully saturated rings. The number of likely N-dealkylation sites (tertiary alicyclic amines) is 1. The summed E-state index contributed by atoms with van der Waals surface area (Å²) in [5.74, 6) is 0.338. The Balaban J connectivity index is 1.77. The molecule has 2 atom stereocenters. The minimum Gasteiger partial charge on any atom is -0.457 e. The van der Waals surface area contributed by atoms with Gasteiger partial charge in [-0.25, -0.2) is 5.48 Å². The molecule has 1 heterocycles. The van der Waals surface area contributed by atoms with Crippen molar-refractivity contribution in [2.45, 2.75) is 31.7 Å². The second-order valence-corrected chi connectivity index (χ2v) is 7.84. The molecule has 0 saturated carbocycles. The van der Waals surface area contributed by atoms with Crippen molar-refractivity contribution < 1.29 is 19.5 Å². The first kappa shape index (κ1) is 20.5. The summed E-state index contributed by atoms with van der Waals surface area (Å²) < 4.78 is 5.78. The normalized spacial score (nSPS) is 20.2. The quantitative estimate of drug-likeness (QED) is 0.559. The van der Waals surface area contributed by atoms with Crippen LogP contribution in [-0.2, 0) is 15.0 Å². The van der Waals surface area contributed by atoms with E-state index in [9.17, 15) is 9.59 Å². The lowest BCUT2D eigenvalue weighted by Gasteiger charge is -2.27. The van der Waals surface area contributed by atoms with Crippen LogP contribution in [-0.4, -0.2) is 34.5 Å². The Morgan fingerprint density at radius 2 is 1.79 bits per heavy atom. The Hall–Kier alpha value is -2.28. The average molecular weight is 423 g/mol. The van der Waals surface area contributed by atoms with Gasteiger partial charge in [-0.1, -0.05) is 35.3 Å². The number of amides is 2. The van der Waals surface area contributed by atoms with E-state index >= 15 is 0 Å². The number of hydroxylamine groups is 1. The zero-order chi connectivity index (χ0) is 20.5. The number of rotatable bonds is 5. The highest BCUT2D eigenvalue weighted by atomic mass is 35.5. The fourth-order valence-electron chi connectivity index (χ4n) is 3.36. The van der Waals surface area contributed by atoms with E-state index in [0.29, 0.717) is 34.5 Å². The van der Waals surface area contributed by atoms with Crippen molar-refractivity contribution in [3.63, 3.8) is 0 Å². The summed E-state index contributed by atoms with van der Waals surface area (Å²) >= 11 is 12.0. The molecule has 0 aliphatic carbocycles. The fraction of sp³-hybridized carbons (Fsp3) is 0.300. The van der Waals surface area contributed by atoms with E-state index < -0.39 is 17.4 Å². The van der Waals surface area contributed by atoms with Crippen molar-refractivity contribution in [3.05, 3.63) is 58.1 Å². The van der Waals surface area contributed by atoms with E-state index in [0.717, 1.165) is 5.56 Å². The summed E-state index contributed by atoms with van der Waals surface area (Å²) in [6, 6.07) is 11.4. The van der Waals surface area contributed by atoms with Gasteiger partial charge in [0.15, 0.2) is 0 Å². The number of ether oxygens (including phenoxy) is 1. The van der Waals surface area contributed by atoms with Crippen molar-refractivity contribution in [3.8, 4) is 11.5 Å². The number of hydrogen-bond acceptors (Lipinski definition) is 4. The van der Waals surface area contributed by atoms with Gasteiger partial charge < -0.3 is 9.64 Å². The van der Waals surface area contributed by atoms with Crippen LogP contribution in [0.5, 0.6) is 11.5 Å². The van der Waals surface area contributed by atoms with Crippen LogP contribution in [0.25, 0.3) is 0 Å². The van der Waals surface area contributed by atoms with Crippen LogP contribution >= 0.6 is 23.2 Å². The first-order chi connectivity index (χ1) is 13.2. The van der Waals surface area contributed by atoms with Gasteiger partial charge in [0.1, 0.15) is 17.5 Å². The lowest BCUT2D eigenvalue weighted by Crippen LogP contribution is -2.47. The number of carbonyl (C=O) groups excluding carboxylic acids is 2. The second kappa shape index (κ2) is 7.99. The van der Waals surface area contributed by atoms with E-state index in [1.54, 1.807) is 42.7 Å². The van der Waals surface area contributed by atoms with Crippen LogP contribution in [0, 0.1) is 0 Å². The maximum atomic E-state index is 12.9. The minimum absolute atomic E-state index is 0.154. The highest BCUT2D eigenvalue weighted by Crippen LogP contribution is 2.37. The number of benzene rings is 2. The van der Waals surface area contributed by atoms with E-state index in [1.165, 1.54) is 4.90 Å². The summed E-state index contributed by atoms with van der Waals surface area (Å²) in [5, 5.41) is 9.77. The van der Waals surface area contributed by atoms with Gasteiger partial charge in [-0.05, 0) is 56.2 Å². The van der Waals surface area contributed by atoms with Gasteiger partial charge in [0, 0.05) is 16.6 Å². The Labute approximate surface area is 173 Å². The van der Waals surface area contributed by atoms with Crippen molar-refractivity contribution in [2.24, 2.45) is 0 Å². The van der Waals surface area contributed by atoms with Gasteiger partial charge in [-0.2, -0.15) is 0 Å². The molecule has 2 aromatic carbocycles. The van der Waals surface area contributed by atoms with E-state index in [1.807, 2.05) is 19.1 Å². The predicted molar refractivity (Wildman–Crippen MR) is 106 cm³/mol. The summed E-state index contributed by atoms with van der Waals surface area (Å²) in [6.07, 6.45) is 0.568. The van der Waals surface area contributed by atoms with Crippen molar-refractivity contribution in [1.29, 1.82) is 0 Å². The number of hydrogen-bond donors (Lipinski definition) is 2. The van der Waals surface area contributed by atoms with Gasteiger partial charge in [0.2, 0.25) is 5.91 Å². The Morgan fingerprint density at radius 3 is 2.36 bits per heavy atom. The van der Waals surface area contributed by atoms with E-state index in [-0.39, 0.29) is 5.91 Å². The van der Waals surface area contributed by atoms with Crippen LogP contribution < -0.4 is 10.2 Å². The summed E-state index contributed by atoms with van der Waals surface area (Å²) in [5.41, 5.74) is 1.68. The molecule has 1 aliphatic rings. The molecule has 1 saturated heterocycles. The van der Waals surface area contributed by atoms with Gasteiger partial charge in [0.05, 0.1) is 5.41 Å². The first-order valence-corrected chi connectivity index (χ1v) is 9.50. The third-order valence-corrected chi connectivity index (χ3v) is 5.54. The molecule has 0 aromatic heterocycles. The Kier molecular flexibility index (Phi) is 5.84. The fourth-order valence-corrected chi connectivity index (χ4v) is 3.86. The first-order valence-electron chi connectivity index (χ1n) is 8.74. The predicted octanol–water partition coefficient (Wildman–Crippen LogP) is 4.17. The van der Waals surface area contributed by atoms with Crippen LogP contribution in [0.4, 0.5) is 0 Å². The summed E-state index contributed by atoms with van der Waals surface area (Å²) in [4.78, 5) is 26.1. The van der Waals surface area contributed by atoms with Crippen molar-refractivity contribution in [2.75, 3.05) is 6.54 Å². The second-order valence-electron chi connectivity index (χ2n) is 6.96. The molecule has 1 aliphatic heterocycles. The molecule has 2 N–H and O–H groups in total. The summed E-state index contributed by atoms with van der Waals surface area (Å²) in [7, 11) is 0. The van der Waals surface area contributed by atoms with Gasteiger partial charge in [0.25, 0.3) is 5.91 Å². The molecule has 6 nitrogen and oxygen atoms in total. The lowest BCUT2D eigenvalue weighted by atomic mass is 9.81. The molecule has 0 bridgehead atoms. The Morgan fingerprint density at radius 1 is 1.18 bits per heavy atom. The molecule has 148 valence electrons. The third-order valence-electron chi connectivity index (χ3n) is 5.11. The van der Waals surface area contributed by atoms with Crippen LogP contribution in [0.2, 0.25) is 10.0 Å². The average Bonchev–Trinajstić information content (AvgIpc) is 2.96. The highest BCUT2D eigenvalue weighted by molar-refractivity contribution is 6.34. The monoisotopic (exact) mass is 422 g/mol. The summed E-state index contributed by atoms with van der Waals surface area (Å²) in [6.45, 7) is 3.87. The number of nitrogens with one attached hydrogen (secondary N) is 1. The minimum atomic E-state index is -0.748. The van der Waals surface area contributed by atoms with Gasteiger partial charge in [-0.3, -0.25) is 14.8 Å². The topological polar surface area (TPSA) is 78.9 Å². The molecule has 28 heavy (non-hydrogen) atoms. The highest BCUT2D eigenvalue weighted by Gasteiger charge is 2.46. The standard InChI is InChI=1S/C20H20Cl2N2O4/c1-12(18(25)23-27)24-8-7-20(2,19(24)26)13-3-5-16(6-4-13)28-17-10-14(21)9-15(22)11-17/h3-6,9-12,27H,7-8H2,1-2H3,(H,23,25). The molecule has 3 rings (SSSR count). The van der Waals surface area contributed by atoms with Gasteiger partial charge >= 0.3 is 0 Å². The maximum Gasteiger partial charge on any atom is 0.265 e. The Bertz CT molecular complexity index is 883. The molecule has 2 amide bonds. The number of nitrogens with zero attached hydrogens (tertiary/aromatic N) is 1. The SMILES string of the molecule is CC(C(=O)NO)N1CCC(C)(c2ccc(Oc3cc(Cl)cc(Cl)c3)cc2)C1=O. The van der Waals surface area contributed by atoms with Crippen LogP contribution in [0.15, 0.2) is 42.5 Å². The number of halogens is 2. The molecule has 2 unspecified atom stereocenters. The third kappa shape index (κ3) is 3.94. The van der Waals surface area contributed by atoms with Crippen molar-refractivity contribution in [1.82, 2.24) is 10.4 Å². The number of carbonyl (C=O) groups is 2. The van der Waals surface area contributed by atoms with Crippen LogP contribution in [0.3, 0.4) is 0 Å². The zero-order valence-electron chi connectivity index (χ0n) is 15.4. The van der Waals surface area contributed by atoms with Gasteiger partial charge in [-0.15, -0.1) is 0 Å². The molecule has 0 spiro atoms. The van der Waals surface area contributed by atoms with Crippen LogP contribution in [0.1, 0.15) is 25.8 Å². The molecule has 2 aromatic rings. The maximum absolute atomic E-state index is 12.9. The largest absolute Gasteiger partial charge is 0.457 e. The zero-order valence-corrected chi connectivity index (χ0v) is 16.9. The lowest BCUT2D eigenvalue weighted by molar-refractivity contribution is -0.143. The molecule has 8 heteroatoms. The smallest absolute Gasteiger partial charge is 0.265 e. The van der Waals surface area contributed by atoms with E-state index in [4.69, 9.17) is 33.1 Å². The molecular weight excluding hydrogens is 403 g/mol. The van der Waals surface area contributed by atoms with Crippen molar-refractivity contribution >= 4 is 35.0 Å².